The van der Waals surface area contributed by atoms with E-state index in [0.717, 1.165) is 45.6 Å². The number of para-hydroxylation sites is 1. The van der Waals surface area contributed by atoms with E-state index in [1.807, 2.05) is 0 Å². The third-order valence-corrected chi connectivity index (χ3v) is 4.40. The van der Waals surface area contributed by atoms with Gasteiger partial charge in [0.05, 0.1) is 24.4 Å². The summed E-state index contributed by atoms with van der Waals surface area (Å²) in [6.45, 7) is 3.63. The standard InChI is InChI=1S/C18H22N2O2/c1-2-7-16-15(6-1)17(19-9-3-4-10-19)14-20(16)11-8-18-21-12-5-13-22-18/h1-3,6-7,9,14,18H,4-5,8,10-13H2. The Labute approximate surface area is 130 Å². The molecule has 0 saturated carbocycles. The summed E-state index contributed by atoms with van der Waals surface area (Å²) < 4.78 is 13.7. The van der Waals surface area contributed by atoms with Gasteiger partial charge in [-0.25, -0.2) is 0 Å². The molecule has 1 aromatic heterocycles. The number of hydrogen-bond acceptors (Lipinski definition) is 3. The maximum atomic E-state index is 5.66. The Morgan fingerprint density at radius 1 is 1.14 bits per heavy atom. The van der Waals surface area contributed by atoms with E-state index >= 15 is 0 Å². The first-order valence-electron chi connectivity index (χ1n) is 8.16. The Morgan fingerprint density at radius 2 is 2.00 bits per heavy atom. The number of benzene rings is 1. The molecule has 1 fully saturated rings. The van der Waals surface area contributed by atoms with Crippen LogP contribution >= 0.6 is 0 Å². The topological polar surface area (TPSA) is 26.6 Å². The lowest BCUT2D eigenvalue weighted by Gasteiger charge is -2.23. The molecule has 2 aliphatic rings. The maximum Gasteiger partial charge on any atom is 0.159 e. The number of ether oxygens (including phenoxy) is 2. The average molecular weight is 298 g/mol. The van der Waals surface area contributed by atoms with Crippen molar-refractivity contribution in [2.24, 2.45) is 0 Å². The molecule has 0 bridgehead atoms. The molecule has 1 aromatic carbocycles. The van der Waals surface area contributed by atoms with Crippen molar-refractivity contribution in [3.8, 4) is 0 Å². The molecule has 2 aliphatic heterocycles. The van der Waals surface area contributed by atoms with Crippen LogP contribution < -0.4 is 4.90 Å². The molecule has 0 atom stereocenters. The lowest BCUT2D eigenvalue weighted by Crippen LogP contribution is -2.25. The second kappa shape index (κ2) is 6.15. The number of anilines is 1. The van der Waals surface area contributed by atoms with Gasteiger partial charge in [-0.05, 0) is 18.9 Å². The normalized spacial score (nSPS) is 19.4. The molecule has 116 valence electrons. The van der Waals surface area contributed by atoms with Crippen molar-refractivity contribution in [3.05, 3.63) is 42.7 Å². The van der Waals surface area contributed by atoms with Crippen molar-refractivity contribution in [1.29, 1.82) is 0 Å². The number of nitrogens with zero attached hydrogens (tertiary/aromatic N) is 2. The second-order valence-electron chi connectivity index (χ2n) is 5.91. The van der Waals surface area contributed by atoms with Gasteiger partial charge in [0, 0.05) is 37.3 Å². The maximum absolute atomic E-state index is 5.66. The molecule has 4 rings (SSSR count). The Bertz CT molecular complexity index is 671. The van der Waals surface area contributed by atoms with E-state index in [9.17, 15) is 0 Å². The minimum atomic E-state index is -0.0509. The zero-order chi connectivity index (χ0) is 14.8. The van der Waals surface area contributed by atoms with Gasteiger partial charge >= 0.3 is 0 Å². The summed E-state index contributed by atoms with van der Waals surface area (Å²) >= 11 is 0. The molecule has 22 heavy (non-hydrogen) atoms. The Morgan fingerprint density at radius 3 is 2.82 bits per heavy atom. The van der Waals surface area contributed by atoms with Crippen LogP contribution in [0.5, 0.6) is 0 Å². The van der Waals surface area contributed by atoms with Gasteiger partial charge in [0.1, 0.15) is 0 Å². The van der Waals surface area contributed by atoms with Gasteiger partial charge in [-0.3, -0.25) is 0 Å². The highest BCUT2D eigenvalue weighted by Crippen LogP contribution is 2.31. The molecule has 4 nitrogen and oxygen atoms in total. The summed E-state index contributed by atoms with van der Waals surface area (Å²) in [6, 6.07) is 8.63. The largest absolute Gasteiger partial charge is 0.353 e. The monoisotopic (exact) mass is 298 g/mol. The number of rotatable bonds is 4. The van der Waals surface area contributed by atoms with Crippen LogP contribution in [0, 0.1) is 0 Å². The van der Waals surface area contributed by atoms with Crippen molar-refractivity contribution in [2.45, 2.75) is 32.1 Å². The Kier molecular flexibility index (Phi) is 3.87. The summed E-state index contributed by atoms with van der Waals surface area (Å²) in [7, 11) is 0. The lowest BCUT2D eigenvalue weighted by molar-refractivity contribution is -0.182. The van der Waals surface area contributed by atoms with Gasteiger partial charge in [-0.2, -0.15) is 0 Å². The third-order valence-electron chi connectivity index (χ3n) is 4.40. The predicted octanol–water partition coefficient (Wildman–Crippen LogP) is 3.52. The molecule has 0 amide bonds. The summed E-state index contributed by atoms with van der Waals surface area (Å²) in [5.41, 5.74) is 2.59. The fraction of sp³-hybridized carbons (Fsp3) is 0.444. The van der Waals surface area contributed by atoms with E-state index in [-0.39, 0.29) is 6.29 Å². The van der Waals surface area contributed by atoms with Crippen molar-refractivity contribution in [2.75, 3.05) is 24.7 Å². The lowest BCUT2D eigenvalue weighted by atomic mass is 10.2. The number of aryl methyl sites for hydroxylation is 1. The van der Waals surface area contributed by atoms with E-state index in [0.29, 0.717) is 0 Å². The van der Waals surface area contributed by atoms with E-state index in [1.54, 1.807) is 0 Å². The first-order valence-corrected chi connectivity index (χ1v) is 8.16. The van der Waals surface area contributed by atoms with Gasteiger partial charge in [0.2, 0.25) is 0 Å². The van der Waals surface area contributed by atoms with Crippen LogP contribution in [0.15, 0.2) is 42.7 Å². The molecule has 2 aromatic rings. The molecular formula is C18H22N2O2. The second-order valence-corrected chi connectivity index (χ2v) is 5.91. The van der Waals surface area contributed by atoms with Crippen molar-refractivity contribution in [1.82, 2.24) is 4.57 Å². The van der Waals surface area contributed by atoms with Crippen LogP contribution in [-0.4, -0.2) is 30.6 Å². The van der Waals surface area contributed by atoms with E-state index in [1.165, 1.54) is 16.6 Å². The summed E-state index contributed by atoms with van der Waals surface area (Å²) in [4.78, 5) is 2.34. The Hall–Kier alpha value is -1.78. The van der Waals surface area contributed by atoms with Gasteiger partial charge in [-0.15, -0.1) is 0 Å². The Balaban J connectivity index is 1.58. The highest BCUT2D eigenvalue weighted by molar-refractivity contribution is 5.94. The molecule has 0 unspecified atom stereocenters. The van der Waals surface area contributed by atoms with Crippen molar-refractivity contribution < 1.29 is 9.47 Å². The number of hydrogen-bond donors (Lipinski definition) is 0. The van der Waals surface area contributed by atoms with E-state index in [2.05, 4.69) is 52.2 Å². The summed E-state index contributed by atoms with van der Waals surface area (Å²) in [6.07, 6.45) is 9.68. The average Bonchev–Trinajstić information content (AvgIpc) is 3.22. The number of fused-ring (bicyclic) bond motifs is 1. The zero-order valence-electron chi connectivity index (χ0n) is 12.8. The minimum Gasteiger partial charge on any atom is -0.353 e. The predicted molar refractivity (Wildman–Crippen MR) is 88.0 cm³/mol. The molecule has 3 heterocycles. The van der Waals surface area contributed by atoms with Gasteiger partial charge in [-0.1, -0.05) is 24.3 Å². The van der Waals surface area contributed by atoms with E-state index < -0.39 is 0 Å². The molecule has 4 heteroatoms. The molecule has 0 N–H and O–H groups in total. The highest BCUT2D eigenvalue weighted by Gasteiger charge is 2.17. The fourth-order valence-electron chi connectivity index (χ4n) is 3.28. The quantitative estimate of drug-likeness (QED) is 0.864. The van der Waals surface area contributed by atoms with Crippen molar-refractivity contribution in [3.63, 3.8) is 0 Å². The highest BCUT2D eigenvalue weighted by atomic mass is 16.7. The van der Waals surface area contributed by atoms with Crippen LogP contribution in [-0.2, 0) is 16.0 Å². The fourth-order valence-corrected chi connectivity index (χ4v) is 3.28. The van der Waals surface area contributed by atoms with Crippen molar-refractivity contribution >= 4 is 16.6 Å². The van der Waals surface area contributed by atoms with Gasteiger partial charge in [0.25, 0.3) is 0 Å². The van der Waals surface area contributed by atoms with E-state index in [4.69, 9.17) is 9.47 Å². The molecule has 0 spiro atoms. The summed E-state index contributed by atoms with van der Waals surface area (Å²) in [5, 5.41) is 1.32. The van der Waals surface area contributed by atoms with Crippen LogP contribution in [0.4, 0.5) is 5.69 Å². The number of aromatic nitrogens is 1. The van der Waals surface area contributed by atoms with Crippen LogP contribution in [0.2, 0.25) is 0 Å². The first kappa shape index (κ1) is 13.9. The minimum absolute atomic E-state index is 0.0509. The molecular weight excluding hydrogens is 276 g/mol. The molecule has 0 aliphatic carbocycles. The summed E-state index contributed by atoms with van der Waals surface area (Å²) in [5.74, 6) is 0. The van der Waals surface area contributed by atoms with Crippen LogP contribution in [0.3, 0.4) is 0 Å². The SMILES string of the molecule is C1=CN(c2cn(CCC3OCCCO3)c3ccccc23)CC1. The van der Waals surface area contributed by atoms with Crippen LogP contribution in [0.25, 0.3) is 10.9 Å². The smallest absolute Gasteiger partial charge is 0.159 e. The zero-order valence-corrected chi connectivity index (χ0v) is 12.8. The molecule has 1 saturated heterocycles. The van der Waals surface area contributed by atoms with Crippen LogP contribution in [0.1, 0.15) is 19.3 Å². The third kappa shape index (κ3) is 2.64. The molecule has 0 radical (unpaired) electrons. The first-order chi connectivity index (χ1) is 10.9. The van der Waals surface area contributed by atoms with Gasteiger partial charge < -0.3 is 18.9 Å². The van der Waals surface area contributed by atoms with Gasteiger partial charge in [0.15, 0.2) is 6.29 Å².